The van der Waals surface area contributed by atoms with Crippen LogP contribution in [0, 0.1) is 0 Å². The molecule has 0 amide bonds. The van der Waals surface area contributed by atoms with E-state index in [1.54, 1.807) is 13.8 Å². The molecule has 1 aromatic rings. The summed E-state index contributed by atoms with van der Waals surface area (Å²) < 4.78 is 5.41. The molecule has 3 nitrogen and oxygen atoms in total. The molecule has 0 radical (unpaired) electrons. The second-order valence-corrected chi connectivity index (χ2v) is 5.18. The smallest absolute Gasteiger partial charge is 0.153 e. The lowest BCUT2D eigenvalue weighted by Crippen LogP contribution is -2.22. The van der Waals surface area contributed by atoms with E-state index in [9.17, 15) is 9.90 Å². The first kappa shape index (κ1) is 14.3. The van der Waals surface area contributed by atoms with Crippen molar-refractivity contribution in [2.24, 2.45) is 0 Å². The lowest BCUT2D eigenvalue weighted by molar-refractivity contribution is 0.0553. The van der Waals surface area contributed by atoms with Gasteiger partial charge in [-0.2, -0.15) is 0 Å². The lowest BCUT2D eigenvalue weighted by atomic mass is 10.1. The molecule has 1 N–H and O–H groups in total. The van der Waals surface area contributed by atoms with E-state index in [1.165, 1.54) is 12.1 Å². The SMILES string of the molecule is CC(C)(O)CCOc1c(Cl)cc(Cl)cc1C=O. The van der Waals surface area contributed by atoms with Crippen LogP contribution < -0.4 is 4.74 Å². The van der Waals surface area contributed by atoms with E-state index in [0.717, 1.165) is 0 Å². The number of halogens is 2. The van der Waals surface area contributed by atoms with E-state index in [2.05, 4.69) is 0 Å². The van der Waals surface area contributed by atoms with Crippen molar-refractivity contribution in [2.45, 2.75) is 25.9 Å². The van der Waals surface area contributed by atoms with Crippen LogP contribution in [0.3, 0.4) is 0 Å². The van der Waals surface area contributed by atoms with Crippen LogP contribution in [0.15, 0.2) is 12.1 Å². The molecular weight excluding hydrogens is 263 g/mol. The summed E-state index contributed by atoms with van der Waals surface area (Å²) in [6.45, 7) is 3.63. The van der Waals surface area contributed by atoms with Crippen LogP contribution in [0.4, 0.5) is 0 Å². The third-order valence-electron chi connectivity index (χ3n) is 2.12. The molecule has 0 fully saturated rings. The van der Waals surface area contributed by atoms with Gasteiger partial charge < -0.3 is 9.84 Å². The number of carbonyl (C=O) groups is 1. The molecule has 5 heteroatoms. The zero-order valence-corrected chi connectivity index (χ0v) is 11.2. The Hall–Kier alpha value is -0.770. The minimum Gasteiger partial charge on any atom is -0.491 e. The minimum absolute atomic E-state index is 0.270. The molecule has 0 bridgehead atoms. The van der Waals surface area contributed by atoms with Gasteiger partial charge in [0, 0.05) is 11.4 Å². The predicted molar refractivity (Wildman–Crippen MR) is 68.3 cm³/mol. The van der Waals surface area contributed by atoms with Crippen LogP contribution in [0.5, 0.6) is 5.75 Å². The molecule has 0 atom stereocenters. The summed E-state index contributed by atoms with van der Waals surface area (Å²) >= 11 is 11.7. The Morgan fingerprint density at radius 2 is 2.06 bits per heavy atom. The lowest BCUT2D eigenvalue weighted by Gasteiger charge is -2.18. The molecule has 17 heavy (non-hydrogen) atoms. The summed E-state index contributed by atoms with van der Waals surface area (Å²) in [5, 5.41) is 10.2. The molecule has 0 saturated carbocycles. The van der Waals surface area contributed by atoms with Gasteiger partial charge in [-0.15, -0.1) is 0 Å². The molecule has 0 aromatic heterocycles. The summed E-state index contributed by atoms with van der Waals surface area (Å²) in [4.78, 5) is 10.8. The number of aldehydes is 1. The Morgan fingerprint density at radius 3 is 2.59 bits per heavy atom. The molecule has 1 rings (SSSR count). The molecule has 0 spiro atoms. The number of benzene rings is 1. The van der Waals surface area contributed by atoms with Crippen molar-refractivity contribution < 1.29 is 14.6 Å². The third kappa shape index (κ3) is 4.54. The number of hydrogen-bond donors (Lipinski definition) is 1. The van der Waals surface area contributed by atoms with Gasteiger partial charge >= 0.3 is 0 Å². The quantitative estimate of drug-likeness (QED) is 0.839. The maximum absolute atomic E-state index is 10.8. The predicted octanol–water partition coefficient (Wildman–Crippen LogP) is 3.35. The van der Waals surface area contributed by atoms with Crippen molar-refractivity contribution in [3.05, 3.63) is 27.7 Å². The van der Waals surface area contributed by atoms with E-state index in [1.807, 2.05) is 0 Å². The van der Waals surface area contributed by atoms with Crippen LogP contribution in [0.2, 0.25) is 10.0 Å². The highest BCUT2D eigenvalue weighted by atomic mass is 35.5. The van der Waals surface area contributed by atoms with Crippen LogP contribution in [-0.4, -0.2) is 23.6 Å². The molecule has 0 aliphatic carbocycles. The summed E-state index contributed by atoms with van der Waals surface area (Å²) in [5.74, 6) is 0.301. The maximum Gasteiger partial charge on any atom is 0.153 e. The molecule has 0 heterocycles. The van der Waals surface area contributed by atoms with Gasteiger partial charge in [-0.3, -0.25) is 4.79 Å². The zero-order chi connectivity index (χ0) is 13.1. The molecule has 1 aromatic carbocycles. The van der Waals surface area contributed by atoms with Crippen molar-refractivity contribution in [1.29, 1.82) is 0 Å². The normalized spacial score (nSPS) is 11.4. The van der Waals surface area contributed by atoms with Crippen LogP contribution in [0.25, 0.3) is 0 Å². The third-order valence-corrected chi connectivity index (χ3v) is 2.62. The van der Waals surface area contributed by atoms with Gasteiger partial charge in [0.25, 0.3) is 0 Å². The topological polar surface area (TPSA) is 46.5 Å². The van der Waals surface area contributed by atoms with Crippen molar-refractivity contribution >= 4 is 29.5 Å². The Kier molecular flexibility index (Phi) is 4.80. The highest BCUT2D eigenvalue weighted by Crippen LogP contribution is 2.31. The van der Waals surface area contributed by atoms with Crippen molar-refractivity contribution in [3.63, 3.8) is 0 Å². The van der Waals surface area contributed by atoms with Crippen molar-refractivity contribution in [1.82, 2.24) is 0 Å². The first-order valence-electron chi connectivity index (χ1n) is 5.13. The summed E-state index contributed by atoms with van der Waals surface area (Å²) in [5.41, 5.74) is -0.515. The molecule has 0 aliphatic heterocycles. The van der Waals surface area contributed by atoms with E-state index in [0.29, 0.717) is 29.0 Å². The Balaban J connectivity index is 2.80. The van der Waals surface area contributed by atoms with Crippen molar-refractivity contribution in [3.8, 4) is 5.75 Å². The van der Waals surface area contributed by atoms with Gasteiger partial charge in [0.05, 0.1) is 22.8 Å². The average Bonchev–Trinajstić information content (AvgIpc) is 2.18. The van der Waals surface area contributed by atoms with Gasteiger partial charge in [0.15, 0.2) is 6.29 Å². The van der Waals surface area contributed by atoms with Gasteiger partial charge in [-0.1, -0.05) is 23.2 Å². The van der Waals surface area contributed by atoms with Crippen LogP contribution >= 0.6 is 23.2 Å². The summed E-state index contributed by atoms with van der Waals surface area (Å²) in [6.07, 6.45) is 1.07. The fourth-order valence-corrected chi connectivity index (χ4v) is 1.79. The molecular formula is C12H14Cl2O3. The minimum atomic E-state index is -0.819. The van der Waals surface area contributed by atoms with E-state index >= 15 is 0 Å². The molecule has 0 unspecified atom stereocenters. The number of hydrogen-bond acceptors (Lipinski definition) is 3. The molecule has 0 aliphatic rings. The standard InChI is InChI=1S/C12H14Cl2O3/c1-12(2,16)3-4-17-11-8(7-15)5-9(13)6-10(11)14/h5-7,16H,3-4H2,1-2H3. The van der Waals surface area contributed by atoms with Crippen LogP contribution in [-0.2, 0) is 0 Å². The van der Waals surface area contributed by atoms with Gasteiger partial charge in [0.2, 0.25) is 0 Å². The fourth-order valence-electron chi connectivity index (χ4n) is 1.22. The molecule has 0 saturated heterocycles. The Morgan fingerprint density at radius 1 is 1.41 bits per heavy atom. The summed E-state index contributed by atoms with van der Waals surface area (Å²) in [7, 11) is 0. The first-order valence-corrected chi connectivity index (χ1v) is 5.88. The number of carbonyl (C=O) groups excluding carboxylic acids is 1. The number of ether oxygens (including phenoxy) is 1. The number of rotatable bonds is 5. The monoisotopic (exact) mass is 276 g/mol. The van der Waals surface area contributed by atoms with Gasteiger partial charge in [-0.25, -0.2) is 0 Å². The van der Waals surface area contributed by atoms with Crippen LogP contribution in [0.1, 0.15) is 30.6 Å². The second kappa shape index (κ2) is 5.71. The zero-order valence-electron chi connectivity index (χ0n) is 9.67. The maximum atomic E-state index is 10.8. The Labute approximate surface area is 110 Å². The largest absolute Gasteiger partial charge is 0.491 e. The van der Waals surface area contributed by atoms with Gasteiger partial charge in [-0.05, 0) is 26.0 Å². The van der Waals surface area contributed by atoms with E-state index < -0.39 is 5.60 Å². The average molecular weight is 277 g/mol. The summed E-state index contributed by atoms with van der Waals surface area (Å²) in [6, 6.07) is 3.00. The van der Waals surface area contributed by atoms with Gasteiger partial charge in [0.1, 0.15) is 5.75 Å². The Bertz CT molecular complexity index is 411. The number of aliphatic hydroxyl groups is 1. The highest BCUT2D eigenvalue weighted by Gasteiger charge is 2.15. The fraction of sp³-hybridized carbons (Fsp3) is 0.417. The second-order valence-electron chi connectivity index (χ2n) is 4.33. The first-order chi connectivity index (χ1) is 7.83. The van der Waals surface area contributed by atoms with Crippen molar-refractivity contribution in [2.75, 3.05) is 6.61 Å². The highest BCUT2D eigenvalue weighted by molar-refractivity contribution is 6.36. The van der Waals surface area contributed by atoms with E-state index in [-0.39, 0.29) is 11.6 Å². The van der Waals surface area contributed by atoms with E-state index in [4.69, 9.17) is 27.9 Å². The molecule has 94 valence electrons.